The van der Waals surface area contributed by atoms with E-state index in [1.54, 1.807) is 11.4 Å². The molecule has 5 nitrogen and oxygen atoms in total. The Bertz CT molecular complexity index is 868. The Morgan fingerprint density at radius 3 is 2.74 bits per heavy atom. The third-order valence-electron chi connectivity index (χ3n) is 4.68. The van der Waals surface area contributed by atoms with Gasteiger partial charge in [-0.3, -0.25) is 9.59 Å². The molecule has 0 saturated heterocycles. The summed E-state index contributed by atoms with van der Waals surface area (Å²) in [6, 6.07) is 9.28. The van der Waals surface area contributed by atoms with Gasteiger partial charge in [-0.15, -0.1) is 11.3 Å². The number of aromatic nitrogens is 1. The largest absolute Gasteiger partial charge is 0.352 e. The van der Waals surface area contributed by atoms with Gasteiger partial charge in [0, 0.05) is 17.0 Å². The molecule has 27 heavy (non-hydrogen) atoms. The summed E-state index contributed by atoms with van der Waals surface area (Å²) in [6.45, 7) is 0. The number of hydrogen-bond donors (Lipinski definition) is 1. The van der Waals surface area contributed by atoms with Crippen LogP contribution in [0.2, 0.25) is 5.02 Å². The molecule has 1 aromatic heterocycles. The zero-order valence-electron chi connectivity index (χ0n) is 14.8. The van der Waals surface area contributed by atoms with Crippen LogP contribution in [0, 0.1) is 17.2 Å². The Hall–Kier alpha value is -2.23. The lowest BCUT2D eigenvalue weighted by Crippen LogP contribution is -2.42. The van der Waals surface area contributed by atoms with E-state index in [1.165, 1.54) is 17.8 Å². The Kier molecular flexibility index (Phi) is 6.59. The molecule has 1 aliphatic rings. The van der Waals surface area contributed by atoms with Crippen LogP contribution in [0.25, 0.3) is 10.6 Å². The SMILES string of the molecule is N#CC(C(=O)Cc1csc(-c2ccccc2Cl)n1)C(=O)NC1CCCCC1. The summed E-state index contributed by atoms with van der Waals surface area (Å²) in [7, 11) is 0. The van der Waals surface area contributed by atoms with Gasteiger partial charge in [0.15, 0.2) is 11.7 Å². The molecule has 0 bridgehead atoms. The summed E-state index contributed by atoms with van der Waals surface area (Å²) in [5.74, 6) is -2.21. The predicted molar refractivity (Wildman–Crippen MR) is 105 cm³/mol. The van der Waals surface area contributed by atoms with Gasteiger partial charge in [-0.1, -0.05) is 49.1 Å². The maximum absolute atomic E-state index is 12.5. The van der Waals surface area contributed by atoms with Crippen molar-refractivity contribution < 1.29 is 9.59 Å². The lowest BCUT2D eigenvalue weighted by Gasteiger charge is -2.23. The van der Waals surface area contributed by atoms with Gasteiger partial charge in [0.25, 0.3) is 0 Å². The summed E-state index contributed by atoms with van der Waals surface area (Å²) in [6.07, 6.45) is 5.08. The van der Waals surface area contributed by atoms with Crippen LogP contribution in [0.1, 0.15) is 37.8 Å². The normalized spacial score (nSPS) is 15.7. The smallest absolute Gasteiger partial charge is 0.245 e. The molecule has 7 heteroatoms. The summed E-state index contributed by atoms with van der Waals surface area (Å²) < 4.78 is 0. The number of Topliss-reactive ketones (excluding diaryl/α,β-unsaturated/α-hetero) is 1. The number of ketones is 1. The second-order valence-corrected chi connectivity index (χ2v) is 7.94. The van der Waals surface area contributed by atoms with Crippen molar-refractivity contribution in [3.05, 3.63) is 40.4 Å². The highest BCUT2D eigenvalue weighted by molar-refractivity contribution is 7.13. The summed E-state index contributed by atoms with van der Waals surface area (Å²) in [4.78, 5) is 29.3. The van der Waals surface area contributed by atoms with Crippen molar-refractivity contribution in [3.63, 3.8) is 0 Å². The van der Waals surface area contributed by atoms with Crippen LogP contribution in [0.15, 0.2) is 29.6 Å². The van der Waals surface area contributed by atoms with E-state index in [4.69, 9.17) is 11.6 Å². The van der Waals surface area contributed by atoms with Crippen molar-refractivity contribution in [1.82, 2.24) is 10.3 Å². The minimum atomic E-state index is -1.29. The molecule has 0 aliphatic heterocycles. The van der Waals surface area contributed by atoms with Crippen molar-refractivity contribution >= 4 is 34.6 Å². The van der Waals surface area contributed by atoms with Crippen LogP contribution in [0.4, 0.5) is 0 Å². The summed E-state index contributed by atoms with van der Waals surface area (Å²) >= 11 is 7.57. The number of benzene rings is 1. The average molecular weight is 402 g/mol. The zero-order valence-corrected chi connectivity index (χ0v) is 16.4. The standard InChI is InChI=1S/C20H20ClN3O2S/c21-17-9-5-4-8-15(17)20-24-14(12-27-20)10-18(25)16(11-22)19(26)23-13-6-2-1-3-7-13/h4-5,8-9,12-13,16H,1-3,6-7,10H2,(H,23,26). The van der Waals surface area contributed by atoms with E-state index in [9.17, 15) is 14.9 Å². The van der Waals surface area contributed by atoms with Gasteiger partial charge in [-0.25, -0.2) is 4.98 Å². The number of nitrogens with zero attached hydrogens (tertiary/aromatic N) is 2. The van der Waals surface area contributed by atoms with Crippen LogP contribution in [0.3, 0.4) is 0 Å². The number of nitrogens with one attached hydrogen (secondary N) is 1. The molecular formula is C20H20ClN3O2S. The highest BCUT2D eigenvalue weighted by Gasteiger charge is 2.29. The van der Waals surface area contributed by atoms with E-state index in [1.807, 2.05) is 24.3 Å². The fourth-order valence-electron chi connectivity index (χ4n) is 3.24. The van der Waals surface area contributed by atoms with Crippen LogP contribution in [0.5, 0.6) is 0 Å². The maximum Gasteiger partial charge on any atom is 0.245 e. The highest BCUT2D eigenvalue weighted by atomic mass is 35.5. The number of thiazole rings is 1. The van der Waals surface area contributed by atoms with E-state index < -0.39 is 17.6 Å². The van der Waals surface area contributed by atoms with Crippen molar-refractivity contribution in [2.24, 2.45) is 5.92 Å². The minimum absolute atomic E-state index is 0.0444. The Labute approximate surface area is 167 Å². The lowest BCUT2D eigenvalue weighted by molar-refractivity contribution is -0.131. The van der Waals surface area contributed by atoms with Gasteiger partial charge in [0.2, 0.25) is 5.91 Å². The number of nitriles is 1. The molecule has 1 N–H and O–H groups in total. The molecule has 3 rings (SSSR count). The van der Waals surface area contributed by atoms with Crippen molar-refractivity contribution in [2.45, 2.75) is 44.6 Å². The second-order valence-electron chi connectivity index (χ2n) is 6.67. The molecule has 1 fully saturated rings. The second kappa shape index (κ2) is 9.12. The number of amides is 1. The third kappa shape index (κ3) is 4.94. The topological polar surface area (TPSA) is 82.8 Å². The molecule has 1 saturated carbocycles. The van der Waals surface area contributed by atoms with Gasteiger partial charge in [-0.2, -0.15) is 5.26 Å². The first-order chi connectivity index (χ1) is 13.1. The fraction of sp³-hybridized carbons (Fsp3) is 0.400. The molecule has 1 aliphatic carbocycles. The first-order valence-corrected chi connectivity index (χ1v) is 10.3. The Morgan fingerprint density at radius 1 is 1.30 bits per heavy atom. The van der Waals surface area contributed by atoms with E-state index >= 15 is 0 Å². The molecule has 1 heterocycles. The molecule has 140 valence electrons. The van der Waals surface area contributed by atoms with Gasteiger partial charge >= 0.3 is 0 Å². The molecule has 1 aromatic carbocycles. The van der Waals surface area contributed by atoms with Gasteiger partial charge in [0.1, 0.15) is 5.01 Å². The molecule has 2 aromatic rings. The predicted octanol–water partition coefficient (Wildman–Crippen LogP) is 4.16. The van der Waals surface area contributed by atoms with Crippen LogP contribution in [-0.2, 0) is 16.0 Å². The molecule has 1 atom stereocenters. The van der Waals surface area contributed by atoms with Crippen molar-refractivity contribution in [2.75, 3.05) is 0 Å². The fourth-order valence-corrected chi connectivity index (χ4v) is 4.38. The molecule has 0 radical (unpaired) electrons. The number of hydrogen-bond acceptors (Lipinski definition) is 5. The number of halogens is 1. The van der Waals surface area contributed by atoms with Crippen LogP contribution in [-0.4, -0.2) is 22.7 Å². The van der Waals surface area contributed by atoms with Gasteiger partial charge in [0.05, 0.1) is 23.2 Å². The number of carbonyl (C=O) groups is 2. The summed E-state index contributed by atoms with van der Waals surface area (Å²) in [5, 5.41) is 15.3. The monoisotopic (exact) mass is 401 g/mol. The average Bonchev–Trinajstić information content (AvgIpc) is 3.11. The maximum atomic E-state index is 12.5. The van der Waals surface area contributed by atoms with Crippen LogP contribution < -0.4 is 5.32 Å². The Balaban J connectivity index is 1.64. The number of carbonyl (C=O) groups excluding carboxylic acids is 2. The molecule has 1 amide bonds. The zero-order chi connectivity index (χ0) is 19.2. The highest BCUT2D eigenvalue weighted by Crippen LogP contribution is 2.30. The molecule has 1 unspecified atom stereocenters. The minimum Gasteiger partial charge on any atom is -0.352 e. The quantitative estimate of drug-likeness (QED) is 0.736. The first-order valence-electron chi connectivity index (χ1n) is 9.00. The van der Waals surface area contributed by atoms with E-state index in [-0.39, 0.29) is 12.5 Å². The first kappa shape index (κ1) is 19.5. The summed E-state index contributed by atoms with van der Waals surface area (Å²) in [5.41, 5.74) is 1.35. The Morgan fingerprint density at radius 2 is 2.04 bits per heavy atom. The molecule has 0 spiro atoms. The van der Waals surface area contributed by atoms with Crippen molar-refractivity contribution in [3.8, 4) is 16.6 Å². The van der Waals surface area contributed by atoms with Gasteiger partial charge < -0.3 is 5.32 Å². The van der Waals surface area contributed by atoms with E-state index in [0.717, 1.165) is 31.2 Å². The van der Waals surface area contributed by atoms with Crippen LogP contribution >= 0.6 is 22.9 Å². The van der Waals surface area contributed by atoms with E-state index in [2.05, 4.69) is 10.3 Å². The lowest BCUT2D eigenvalue weighted by atomic mass is 9.94. The van der Waals surface area contributed by atoms with E-state index in [0.29, 0.717) is 15.7 Å². The third-order valence-corrected chi connectivity index (χ3v) is 5.93. The molecular weight excluding hydrogens is 382 g/mol. The van der Waals surface area contributed by atoms with Crippen molar-refractivity contribution in [1.29, 1.82) is 5.26 Å². The number of rotatable bonds is 6. The van der Waals surface area contributed by atoms with Gasteiger partial charge in [-0.05, 0) is 18.9 Å².